The highest BCUT2D eigenvalue weighted by atomic mass is 19.4. The Hall–Kier alpha value is -1.79. The zero-order valence-electron chi connectivity index (χ0n) is 7.25. The Labute approximate surface area is 82.0 Å². The number of carboxylic acid groups (broad SMARTS) is 1. The van der Waals surface area contributed by atoms with Crippen molar-refractivity contribution in [2.24, 2.45) is 0 Å². The first-order valence-electron chi connectivity index (χ1n) is 3.77. The fourth-order valence-corrected chi connectivity index (χ4v) is 0.970. The SMILES string of the molecule is O=C(O)Cc1cc(C(F)(F)F)c(O)cn1. The third kappa shape index (κ3) is 2.83. The van der Waals surface area contributed by atoms with E-state index < -0.39 is 29.9 Å². The fourth-order valence-electron chi connectivity index (χ4n) is 0.970. The number of hydrogen-bond donors (Lipinski definition) is 2. The van der Waals surface area contributed by atoms with Gasteiger partial charge in [0, 0.05) is 0 Å². The number of aromatic hydroxyl groups is 1. The largest absolute Gasteiger partial charge is 0.506 e. The number of pyridine rings is 1. The van der Waals surface area contributed by atoms with Gasteiger partial charge in [-0.25, -0.2) is 0 Å². The Kier molecular flexibility index (Phi) is 2.83. The molecule has 0 aliphatic heterocycles. The Bertz CT molecular complexity index is 389. The standard InChI is InChI=1S/C8H6F3NO3/c9-8(10,11)5-1-4(2-7(14)15)12-3-6(5)13/h1,3,13H,2H2,(H,14,15). The van der Waals surface area contributed by atoms with Crippen LogP contribution in [-0.4, -0.2) is 21.2 Å². The number of alkyl halides is 3. The minimum atomic E-state index is -4.72. The summed E-state index contributed by atoms with van der Waals surface area (Å²) in [7, 11) is 0. The van der Waals surface area contributed by atoms with E-state index in [1.807, 2.05) is 0 Å². The van der Waals surface area contributed by atoms with Gasteiger partial charge in [0.15, 0.2) is 0 Å². The molecule has 1 heterocycles. The summed E-state index contributed by atoms with van der Waals surface area (Å²) in [5.74, 6) is -2.31. The highest BCUT2D eigenvalue weighted by molar-refractivity contribution is 5.69. The van der Waals surface area contributed by atoms with Gasteiger partial charge in [0.2, 0.25) is 0 Å². The number of halogens is 3. The average molecular weight is 221 g/mol. The lowest BCUT2D eigenvalue weighted by Crippen LogP contribution is -2.09. The summed E-state index contributed by atoms with van der Waals surface area (Å²) in [6.45, 7) is 0. The number of nitrogens with zero attached hydrogens (tertiary/aromatic N) is 1. The molecular formula is C8H6F3NO3. The maximum atomic E-state index is 12.2. The summed E-state index contributed by atoms with van der Waals surface area (Å²) < 4.78 is 36.7. The van der Waals surface area contributed by atoms with E-state index in [-0.39, 0.29) is 5.69 Å². The number of rotatable bonds is 2. The maximum Gasteiger partial charge on any atom is 0.420 e. The van der Waals surface area contributed by atoms with Gasteiger partial charge in [-0.15, -0.1) is 0 Å². The van der Waals surface area contributed by atoms with Gasteiger partial charge >= 0.3 is 12.1 Å². The first-order chi connectivity index (χ1) is 6.80. The Morgan fingerprint density at radius 3 is 2.53 bits per heavy atom. The van der Waals surface area contributed by atoms with E-state index >= 15 is 0 Å². The highest BCUT2D eigenvalue weighted by Gasteiger charge is 2.34. The van der Waals surface area contributed by atoms with Crippen LogP contribution in [0, 0.1) is 0 Å². The van der Waals surface area contributed by atoms with Gasteiger partial charge in [0.05, 0.1) is 18.3 Å². The number of carbonyl (C=O) groups is 1. The molecule has 0 atom stereocenters. The summed E-state index contributed by atoms with van der Waals surface area (Å²) in [4.78, 5) is 13.6. The third-order valence-electron chi connectivity index (χ3n) is 1.58. The van der Waals surface area contributed by atoms with Crippen LogP contribution in [0.3, 0.4) is 0 Å². The van der Waals surface area contributed by atoms with Gasteiger partial charge < -0.3 is 10.2 Å². The topological polar surface area (TPSA) is 70.4 Å². The predicted octanol–water partition coefficient (Wildman–Crippen LogP) is 1.43. The van der Waals surface area contributed by atoms with Crippen molar-refractivity contribution in [1.29, 1.82) is 0 Å². The molecule has 7 heteroatoms. The first-order valence-corrected chi connectivity index (χ1v) is 3.77. The zero-order valence-corrected chi connectivity index (χ0v) is 7.25. The fraction of sp³-hybridized carbons (Fsp3) is 0.250. The number of hydrogen-bond acceptors (Lipinski definition) is 3. The van der Waals surface area contributed by atoms with E-state index in [1.54, 1.807) is 0 Å². The second-order valence-electron chi connectivity index (χ2n) is 2.76. The average Bonchev–Trinajstić information content (AvgIpc) is 2.05. The van der Waals surface area contributed by atoms with E-state index in [9.17, 15) is 18.0 Å². The lowest BCUT2D eigenvalue weighted by molar-refractivity contribution is -0.139. The number of carboxylic acids is 1. The second-order valence-corrected chi connectivity index (χ2v) is 2.76. The zero-order chi connectivity index (χ0) is 11.6. The molecule has 0 bridgehead atoms. The summed E-state index contributed by atoms with van der Waals surface area (Å²) in [5, 5.41) is 17.2. The molecule has 0 aromatic carbocycles. The van der Waals surface area contributed by atoms with Crippen LogP contribution in [0.25, 0.3) is 0 Å². The molecule has 0 unspecified atom stereocenters. The molecule has 82 valence electrons. The highest BCUT2D eigenvalue weighted by Crippen LogP contribution is 2.35. The molecule has 2 N–H and O–H groups in total. The number of aliphatic carboxylic acids is 1. The predicted molar refractivity (Wildman–Crippen MR) is 42.2 cm³/mol. The van der Waals surface area contributed by atoms with Gasteiger partial charge in [-0.2, -0.15) is 13.2 Å². The van der Waals surface area contributed by atoms with Crippen LogP contribution in [0.15, 0.2) is 12.3 Å². The molecule has 0 aliphatic carbocycles. The molecule has 4 nitrogen and oxygen atoms in total. The molecule has 0 amide bonds. The van der Waals surface area contributed by atoms with E-state index in [4.69, 9.17) is 10.2 Å². The van der Waals surface area contributed by atoms with Crippen molar-refractivity contribution >= 4 is 5.97 Å². The molecular weight excluding hydrogens is 215 g/mol. The van der Waals surface area contributed by atoms with Crippen LogP contribution in [-0.2, 0) is 17.4 Å². The second kappa shape index (κ2) is 3.76. The summed E-state index contributed by atoms with van der Waals surface area (Å²) in [6, 6.07) is 0.517. The van der Waals surface area contributed by atoms with Crippen molar-refractivity contribution in [2.45, 2.75) is 12.6 Å². The molecule has 0 saturated heterocycles. The first kappa shape index (κ1) is 11.3. The molecule has 0 aliphatic rings. The summed E-state index contributed by atoms with van der Waals surface area (Å²) in [6.07, 6.45) is -4.76. The quantitative estimate of drug-likeness (QED) is 0.792. The van der Waals surface area contributed by atoms with E-state index in [0.717, 1.165) is 0 Å². The van der Waals surface area contributed by atoms with Crippen LogP contribution in [0.4, 0.5) is 13.2 Å². The van der Waals surface area contributed by atoms with Crippen LogP contribution in [0.2, 0.25) is 0 Å². The molecule has 0 spiro atoms. The number of aromatic nitrogens is 1. The van der Waals surface area contributed by atoms with E-state index in [1.165, 1.54) is 0 Å². The summed E-state index contributed by atoms with van der Waals surface area (Å²) in [5.41, 5.74) is -1.54. The Morgan fingerprint density at radius 1 is 1.47 bits per heavy atom. The molecule has 0 saturated carbocycles. The monoisotopic (exact) mass is 221 g/mol. The van der Waals surface area contributed by atoms with E-state index in [2.05, 4.69) is 4.98 Å². The lowest BCUT2D eigenvalue weighted by Gasteiger charge is -2.09. The smallest absolute Gasteiger partial charge is 0.420 e. The molecule has 1 aromatic rings. The molecule has 1 aromatic heterocycles. The van der Waals surface area contributed by atoms with Gasteiger partial charge in [-0.3, -0.25) is 9.78 Å². The van der Waals surface area contributed by atoms with E-state index in [0.29, 0.717) is 12.3 Å². The van der Waals surface area contributed by atoms with Crippen molar-refractivity contribution in [3.05, 3.63) is 23.5 Å². The van der Waals surface area contributed by atoms with Gasteiger partial charge in [0.25, 0.3) is 0 Å². The van der Waals surface area contributed by atoms with Crippen LogP contribution in [0.1, 0.15) is 11.3 Å². The van der Waals surface area contributed by atoms with Crippen molar-refractivity contribution in [1.82, 2.24) is 4.98 Å². The van der Waals surface area contributed by atoms with Gasteiger partial charge in [-0.05, 0) is 6.07 Å². The van der Waals surface area contributed by atoms with Crippen LogP contribution >= 0.6 is 0 Å². The van der Waals surface area contributed by atoms with Gasteiger partial charge in [0.1, 0.15) is 11.3 Å². The van der Waals surface area contributed by atoms with Crippen molar-refractivity contribution in [3.8, 4) is 5.75 Å². The summed E-state index contributed by atoms with van der Waals surface area (Å²) >= 11 is 0. The Morgan fingerprint density at radius 2 is 2.07 bits per heavy atom. The third-order valence-corrected chi connectivity index (χ3v) is 1.58. The lowest BCUT2D eigenvalue weighted by atomic mass is 10.1. The van der Waals surface area contributed by atoms with Crippen molar-refractivity contribution in [3.63, 3.8) is 0 Å². The molecule has 1 rings (SSSR count). The van der Waals surface area contributed by atoms with Gasteiger partial charge in [-0.1, -0.05) is 0 Å². The maximum absolute atomic E-state index is 12.2. The minimum Gasteiger partial charge on any atom is -0.506 e. The van der Waals surface area contributed by atoms with Crippen molar-refractivity contribution < 1.29 is 28.2 Å². The molecule has 15 heavy (non-hydrogen) atoms. The van der Waals surface area contributed by atoms with Crippen molar-refractivity contribution in [2.75, 3.05) is 0 Å². The minimum absolute atomic E-state index is 0.257. The van der Waals surface area contributed by atoms with Crippen LogP contribution in [0.5, 0.6) is 5.75 Å². The Balaban J connectivity index is 3.11. The molecule has 0 fully saturated rings. The van der Waals surface area contributed by atoms with Crippen LogP contribution < -0.4 is 0 Å². The molecule has 0 radical (unpaired) electrons. The normalized spacial score (nSPS) is 11.4.